The Morgan fingerprint density at radius 2 is 1.19 bits per heavy atom. The first-order valence-electron chi connectivity index (χ1n) is 9.43. The topological polar surface area (TPSA) is 35.5 Å². The quantitative estimate of drug-likeness (QED) is 0.405. The summed E-state index contributed by atoms with van der Waals surface area (Å²) in [5, 5.41) is 0.843. The van der Waals surface area contributed by atoms with Crippen molar-refractivity contribution in [1.29, 1.82) is 0 Å². The number of benzene rings is 1. The van der Waals surface area contributed by atoms with E-state index in [-0.39, 0.29) is 0 Å². The molecule has 0 aliphatic carbocycles. The second-order valence-electron chi connectivity index (χ2n) is 8.87. The van der Waals surface area contributed by atoms with Crippen LogP contribution in [0.25, 0.3) is 0 Å². The van der Waals surface area contributed by atoms with Crippen molar-refractivity contribution < 1.29 is 13.4 Å². The van der Waals surface area contributed by atoms with Gasteiger partial charge in [0, 0.05) is 29.8 Å². The molecule has 0 unspecified atom stereocenters. The molecule has 0 fully saturated rings. The fraction of sp³-hybridized carbons (Fsp3) is 0.500. The molecule has 26 heavy (non-hydrogen) atoms. The first-order chi connectivity index (χ1) is 12.0. The molecule has 1 aliphatic rings. The van der Waals surface area contributed by atoms with Crippen molar-refractivity contribution in [3.8, 4) is 0 Å². The third-order valence-electron chi connectivity index (χ3n) is 3.80. The number of hydrogen-bond donors (Lipinski definition) is 0. The van der Waals surface area contributed by atoms with Gasteiger partial charge in [-0.25, -0.2) is 0 Å². The molecule has 144 valence electrons. The Balaban J connectivity index is 2.54. The van der Waals surface area contributed by atoms with Crippen LogP contribution >= 0.6 is 7.14 Å². The summed E-state index contributed by atoms with van der Waals surface area (Å²) in [4.78, 5) is 0. The van der Waals surface area contributed by atoms with Gasteiger partial charge in [0.1, 0.15) is 0 Å². The van der Waals surface area contributed by atoms with Gasteiger partial charge in [0.2, 0.25) is 16.6 Å². The summed E-state index contributed by atoms with van der Waals surface area (Å²) in [6.07, 6.45) is 3.74. The largest absolute Gasteiger partial charge is 0.547 e. The van der Waals surface area contributed by atoms with Crippen molar-refractivity contribution in [1.82, 2.24) is 0 Å². The minimum atomic E-state index is -2.88. The predicted molar refractivity (Wildman–Crippen MR) is 117 cm³/mol. The summed E-state index contributed by atoms with van der Waals surface area (Å²) in [5.74, 6) is 5.59. The maximum absolute atomic E-state index is 14.1. The zero-order valence-corrected chi connectivity index (χ0v) is 19.9. The van der Waals surface area contributed by atoms with E-state index >= 15 is 0 Å². The maximum Gasteiger partial charge on any atom is 0.241 e. The molecular formula is C20H33O3PSi2. The molecule has 0 N–H and O–H groups in total. The maximum atomic E-state index is 14.1. The molecule has 1 heterocycles. The van der Waals surface area contributed by atoms with Gasteiger partial charge in [-0.3, -0.25) is 0 Å². The first-order valence-corrected chi connectivity index (χ1v) is 18.1. The summed E-state index contributed by atoms with van der Waals surface area (Å²) >= 11 is 0. The van der Waals surface area contributed by atoms with E-state index in [0.717, 1.165) is 42.5 Å². The number of allylic oxidation sites excluding steroid dienone is 2. The van der Waals surface area contributed by atoms with Crippen LogP contribution in [0.3, 0.4) is 0 Å². The van der Waals surface area contributed by atoms with Gasteiger partial charge in [0.25, 0.3) is 0 Å². The standard InChI is InChI=1S/C20H33O3PSi2/c1-25(2,3)22-18-12-10-11-13-19(23-26(4,5)6)17-24(21,16-18)20-14-8-7-9-15-20/h7-9,14-17H,10-13H2,1-6H3/b18-16+,19-17+. The van der Waals surface area contributed by atoms with E-state index in [0.29, 0.717) is 0 Å². The second kappa shape index (κ2) is 8.32. The van der Waals surface area contributed by atoms with E-state index in [2.05, 4.69) is 39.3 Å². The fourth-order valence-electron chi connectivity index (χ4n) is 2.94. The number of hydrogen-bond acceptors (Lipinski definition) is 3. The molecule has 0 atom stereocenters. The normalized spacial score (nSPS) is 22.7. The molecule has 0 saturated carbocycles. The first kappa shape index (κ1) is 21.3. The summed E-state index contributed by atoms with van der Waals surface area (Å²) in [6, 6.07) is 9.75. The van der Waals surface area contributed by atoms with Crippen LogP contribution in [0.5, 0.6) is 0 Å². The Labute approximate surface area is 161 Å². The molecule has 2 rings (SSSR count). The SMILES string of the molecule is C[Si](C)(C)O/C1=C/P(=O)(c2ccccc2)/C=C(/O[Si](C)(C)C)CCCC1. The highest BCUT2D eigenvalue weighted by Crippen LogP contribution is 2.51. The Hall–Kier alpha value is -1.04. The van der Waals surface area contributed by atoms with Gasteiger partial charge >= 0.3 is 0 Å². The molecule has 3 nitrogen and oxygen atoms in total. The van der Waals surface area contributed by atoms with Crippen LogP contribution in [-0.2, 0) is 13.4 Å². The Morgan fingerprint density at radius 3 is 1.58 bits per heavy atom. The van der Waals surface area contributed by atoms with Crippen molar-refractivity contribution in [2.45, 2.75) is 65.0 Å². The van der Waals surface area contributed by atoms with Crippen LogP contribution in [0.15, 0.2) is 53.5 Å². The van der Waals surface area contributed by atoms with Crippen molar-refractivity contribution in [2.24, 2.45) is 0 Å². The van der Waals surface area contributed by atoms with Crippen molar-refractivity contribution in [3.05, 3.63) is 53.5 Å². The van der Waals surface area contributed by atoms with Gasteiger partial charge in [-0.1, -0.05) is 30.3 Å². The van der Waals surface area contributed by atoms with Crippen molar-refractivity contribution in [2.75, 3.05) is 0 Å². The molecular weight excluding hydrogens is 375 g/mol. The van der Waals surface area contributed by atoms with Crippen molar-refractivity contribution in [3.63, 3.8) is 0 Å². The average molecular weight is 409 g/mol. The lowest BCUT2D eigenvalue weighted by atomic mass is 10.1. The smallest absolute Gasteiger partial charge is 0.241 e. The Bertz CT molecular complexity index is 673. The highest BCUT2D eigenvalue weighted by atomic mass is 31.2. The van der Waals surface area contributed by atoms with E-state index in [9.17, 15) is 4.57 Å². The van der Waals surface area contributed by atoms with Crippen LogP contribution in [0.1, 0.15) is 25.7 Å². The lowest BCUT2D eigenvalue weighted by molar-refractivity contribution is 0.379. The Kier molecular flexibility index (Phi) is 6.81. The van der Waals surface area contributed by atoms with E-state index in [1.54, 1.807) is 0 Å². The van der Waals surface area contributed by atoms with E-state index in [4.69, 9.17) is 8.85 Å². The molecule has 1 aromatic rings. The summed E-state index contributed by atoms with van der Waals surface area (Å²) in [6.45, 7) is 13.0. The molecule has 6 heteroatoms. The zero-order valence-electron chi connectivity index (χ0n) is 17.0. The van der Waals surface area contributed by atoms with Crippen LogP contribution in [-0.4, -0.2) is 16.6 Å². The van der Waals surface area contributed by atoms with Gasteiger partial charge in [-0.15, -0.1) is 0 Å². The van der Waals surface area contributed by atoms with Crippen LogP contribution in [0, 0.1) is 0 Å². The molecule has 1 aliphatic heterocycles. The summed E-state index contributed by atoms with van der Waals surface area (Å²) < 4.78 is 26.6. The molecule has 0 saturated heterocycles. The van der Waals surface area contributed by atoms with Gasteiger partial charge in [0.05, 0.1) is 11.5 Å². The molecule has 0 radical (unpaired) electrons. The predicted octanol–water partition coefficient (Wildman–Crippen LogP) is 6.63. The van der Waals surface area contributed by atoms with E-state index < -0.39 is 23.8 Å². The Morgan fingerprint density at radius 1 is 0.769 bits per heavy atom. The zero-order chi connectivity index (χ0) is 19.4. The van der Waals surface area contributed by atoms with Crippen molar-refractivity contribution >= 4 is 29.1 Å². The lowest BCUT2D eigenvalue weighted by Crippen LogP contribution is -2.25. The van der Waals surface area contributed by atoms with Crippen LogP contribution < -0.4 is 5.30 Å². The van der Waals surface area contributed by atoms with Crippen LogP contribution in [0.2, 0.25) is 39.3 Å². The molecule has 0 spiro atoms. The molecule has 1 aromatic carbocycles. The minimum absolute atomic E-state index is 0.842. The lowest BCUT2D eigenvalue weighted by Gasteiger charge is -2.24. The highest BCUT2D eigenvalue weighted by Gasteiger charge is 2.27. The van der Waals surface area contributed by atoms with E-state index in [1.807, 2.05) is 42.0 Å². The van der Waals surface area contributed by atoms with E-state index in [1.165, 1.54) is 0 Å². The monoisotopic (exact) mass is 408 g/mol. The molecule has 0 bridgehead atoms. The molecule has 0 amide bonds. The second-order valence-corrected chi connectivity index (χ2v) is 20.2. The third kappa shape index (κ3) is 6.94. The summed E-state index contributed by atoms with van der Waals surface area (Å²) in [5.41, 5.74) is 0. The van der Waals surface area contributed by atoms with Crippen LogP contribution in [0.4, 0.5) is 0 Å². The van der Waals surface area contributed by atoms with Gasteiger partial charge < -0.3 is 13.4 Å². The molecule has 0 aromatic heterocycles. The summed E-state index contributed by atoms with van der Waals surface area (Å²) in [7, 11) is -6.38. The highest BCUT2D eigenvalue weighted by molar-refractivity contribution is 7.77. The van der Waals surface area contributed by atoms with Gasteiger partial charge in [-0.05, 0) is 52.1 Å². The third-order valence-corrected chi connectivity index (χ3v) is 8.00. The van der Waals surface area contributed by atoms with Gasteiger partial charge in [0.15, 0.2) is 7.14 Å². The fourth-order valence-corrected chi connectivity index (χ4v) is 7.27. The minimum Gasteiger partial charge on any atom is -0.547 e. The number of rotatable bonds is 5. The van der Waals surface area contributed by atoms with Gasteiger partial charge in [-0.2, -0.15) is 0 Å². The average Bonchev–Trinajstić information content (AvgIpc) is 2.55.